The van der Waals surface area contributed by atoms with Gasteiger partial charge in [-0.1, -0.05) is 6.92 Å². The summed E-state index contributed by atoms with van der Waals surface area (Å²) in [7, 11) is 0. The first-order chi connectivity index (χ1) is 11.4. The Morgan fingerprint density at radius 2 is 1.96 bits per heavy atom. The van der Waals surface area contributed by atoms with Gasteiger partial charge in [0.2, 0.25) is 0 Å². The van der Waals surface area contributed by atoms with E-state index in [9.17, 15) is 0 Å². The number of imidazole rings is 1. The lowest BCUT2D eigenvalue weighted by atomic mass is 9.95. The van der Waals surface area contributed by atoms with E-state index in [0.717, 1.165) is 24.3 Å². The van der Waals surface area contributed by atoms with Crippen LogP contribution in [0.4, 0.5) is 0 Å². The van der Waals surface area contributed by atoms with Crippen LogP contribution in [0.3, 0.4) is 0 Å². The fourth-order valence-electron chi connectivity index (χ4n) is 4.17. The van der Waals surface area contributed by atoms with Crippen LogP contribution >= 0.6 is 0 Å². The minimum Gasteiger partial charge on any atom is -0.317 e. The number of piperidine rings is 2. The predicted octanol–water partition coefficient (Wildman–Crippen LogP) is 2.56. The molecule has 2 aliphatic heterocycles. The standard InChI is InChI=1S/C18H27N5/c1-2-22-12-7-14(8-13-22)17-21-16-4-3-9-20-18(16)23(17)15-5-10-19-11-6-15/h3-4,9,14-15,19H,2,5-8,10-13H2,1H3. The molecule has 4 rings (SSSR count). The molecule has 1 N–H and O–H groups in total. The smallest absolute Gasteiger partial charge is 0.160 e. The van der Waals surface area contributed by atoms with E-state index in [1.165, 1.54) is 51.1 Å². The van der Waals surface area contributed by atoms with Gasteiger partial charge in [-0.25, -0.2) is 9.97 Å². The maximum Gasteiger partial charge on any atom is 0.160 e. The van der Waals surface area contributed by atoms with Crippen LogP contribution in [0.15, 0.2) is 18.3 Å². The normalized spacial score (nSPS) is 22.0. The van der Waals surface area contributed by atoms with E-state index >= 15 is 0 Å². The fraction of sp³-hybridized carbons (Fsp3) is 0.667. The van der Waals surface area contributed by atoms with Gasteiger partial charge in [0.15, 0.2) is 5.65 Å². The molecule has 2 aromatic rings. The molecule has 2 saturated heterocycles. The van der Waals surface area contributed by atoms with Gasteiger partial charge in [-0.3, -0.25) is 0 Å². The average molecular weight is 313 g/mol. The molecule has 124 valence electrons. The van der Waals surface area contributed by atoms with Gasteiger partial charge in [0.05, 0.1) is 0 Å². The van der Waals surface area contributed by atoms with Crippen molar-refractivity contribution in [1.29, 1.82) is 0 Å². The highest BCUT2D eigenvalue weighted by Crippen LogP contribution is 2.34. The lowest BCUT2D eigenvalue weighted by molar-refractivity contribution is 0.215. The number of nitrogens with zero attached hydrogens (tertiary/aromatic N) is 4. The van der Waals surface area contributed by atoms with Crippen LogP contribution in [0.5, 0.6) is 0 Å². The molecule has 23 heavy (non-hydrogen) atoms. The highest BCUT2D eigenvalue weighted by Gasteiger charge is 2.28. The molecule has 0 unspecified atom stereocenters. The second-order valence-corrected chi connectivity index (χ2v) is 6.88. The largest absolute Gasteiger partial charge is 0.317 e. The maximum atomic E-state index is 5.02. The van der Waals surface area contributed by atoms with Crippen molar-refractivity contribution < 1.29 is 0 Å². The first-order valence-electron chi connectivity index (χ1n) is 9.12. The van der Waals surface area contributed by atoms with Crippen molar-refractivity contribution in [2.45, 2.75) is 44.6 Å². The predicted molar refractivity (Wildman–Crippen MR) is 92.8 cm³/mol. The van der Waals surface area contributed by atoms with Crippen LogP contribution in [0.25, 0.3) is 11.2 Å². The molecular formula is C18H27N5. The maximum absolute atomic E-state index is 5.02. The number of aromatic nitrogens is 3. The third-order valence-corrected chi connectivity index (χ3v) is 5.55. The van der Waals surface area contributed by atoms with Crippen LogP contribution in [0, 0.1) is 0 Å². The molecule has 5 nitrogen and oxygen atoms in total. The molecule has 0 saturated carbocycles. The van der Waals surface area contributed by atoms with Crippen LogP contribution in [-0.2, 0) is 0 Å². The van der Waals surface area contributed by atoms with Gasteiger partial charge < -0.3 is 14.8 Å². The van der Waals surface area contributed by atoms with Crippen LogP contribution in [0.1, 0.15) is 50.4 Å². The molecule has 4 heterocycles. The summed E-state index contributed by atoms with van der Waals surface area (Å²) in [5.41, 5.74) is 2.16. The summed E-state index contributed by atoms with van der Waals surface area (Å²) in [5, 5.41) is 3.48. The Morgan fingerprint density at radius 3 is 2.70 bits per heavy atom. The van der Waals surface area contributed by atoms with Crippen LogP contribution < -0.4 is 5.32 Å². The lowest BCUT2D eigenvalue weighted by Crippen LogP contribution is -2.35. The Hall–Kier alpha value is -1.46. The number of fused-ring (bicyclic) bond motifs is 1. The fourth-order valence-corrected chi connectivity index (χ4v) is 4.17. The summed E-state index contributed by atoms with van der Waals surface area (Å²) in [4.78, 5) is 12.2. The van der Waals surface area contributed by atoms with E-state index < -0.39 is 0 Å². The summed E-state index contributed by atoms with van der Waals surface area (Å²) in [6.07, 6.45) is 6.72. The molecule has 0 amide bonds. The molecule has 0 aromatic carbocycles. The van der Waals surface area contributed by atoms with Gasteiger partial charge >= 0.3 is 0 Å². The van der Waals surface area contributed by atoms with Crippen molar-refractivity contribution in [3.05, 3.63) is 24.2 Å². The van der Waals surface area contributed by atoms with Gasteiger partial charge in [0.25, 0.3) is 0 Å². The molecule has 0 radical (unpaired) electrons. The van der Waals surface area contributed by atoms with E-state index in [2.05, 4.69) is 32.8 Å². The molecule has 0 bridgehead atoms. The van der Waals surface area contributed by atoms with Crippen molar-refractivity contribution in [3.63, 3.8) is 0 Å². The number of likely N-dealkylation sites (tertiary alicyclic amines) is 1. The molecule has 2 aromatic heterocycles. The summed E-state index contributed by atoms with van der Waals surface area (Å²) >= 11 is 0. The third-order valence-electron chi connectivity index (χ3n) is 5.55. The summed E-state index contributed by atoms with van der Waals surface area (Å²) in [6.45, 7) is 8.03. The van der Waals surface area contributed by atoms with Gasteiger partial charge in [-0.2, -0.15) is 0 Å². The molecule has 2 fully saturated rings. The molecule has 5 heteroatoms. The van der Waals surface area contributed by atoms with Crippen molar-refractivity contribution >= 4 is 11.2 Å². The highest BCUT2D eigenvalue weighted by atomic mass is 15.2. The van der Waals surface area contributed by atoms with Crippen molar-refractivity contribution in [1.82, 2.24) is 24.8 Å². The monoisotopic (exact) mass is 313 g/mol. The third kappa shape index (κ3) is 2.88. The van der Waals surface area contributed by atoms with Gasteiger partial charge in [-0.15, -0.1) is 0 Å². The topological polar surface area (TPSA) is 46.0 Å². The zero-order valence-electron chi connectivity index (χ0n) is 14.0. The zero-order chi connectivity index (χ0) is 15.6. The molecular weight excluding hydrogens is 286 g/mol. The van der Waals surface area contributed by atoms with Crippen molar-refractivity contribution in [2.24, 2.45) is 0 Å². The number of pyridine rings is 1. The molecule has 2 aliphatic rings. The van der Waals surface area contributed by atoms with Crippen molar-refractivity contribution in [2.75, 3.05) is 32.7 Å². The molecule has 0 atom stereocenters. The number of hydrogen-bond acceptors (Lipinski definition) is 4. The second kappa shape index (κ2) is 6.57. The minimum atomic E-state index is 0.551. The van der Waals surface area contributed by atoms with E-state index in [-0.39, 0.29) is 0 Å². The molecule has 0 spiro atoms. The Bertz CT molecular complexity index is 650. The van der Waals surface area contributed by atoms with Crippen molar-refractivity contribution in [3.8, 4) is 0 Å². The quantitative estimate of drug-likeness (QED) is 0.946. The van der Waals surface area contributed by atoms with Gasteiger partial charge in [-0.05, 0) is 70.5 Å². The van der Waals surface area contributed by atoms with Gasteiger partial charge in [0, 0.05) is 18.2 Å². The average Bonchev–Trinajstić information content (AvgIpc) is 3.02. The SMILES string of the molecule is CCN1CCC(c2nc3cccnc3n2C2CCNCC2)CC1. The summed E-state index contributed by atoms with van der Waals surface area (Å²) in [6, 6.07) is 4.67. The Kier molecular flexibility index (Phi) is 4.31. The number of nitrogens with one attached hydrogen (secondary N) is 1. The summed E-state index contributed by atoms with van der Waals surface area (Å²) < 4.78 is 2.49. The highest BCUT2D eigenvalue weighted by molar-refractivity contribution is 5.71. The van der Waals surface area contributed by atoms with Crippen LogP contribution in [0.2, 0.25) is 0 Å². The number of rotatable bonds is 3. The Balaban J connectivity index is 1.70. The number of hydrogen-bond donors (Lipinski definition) is 1. The molecule has 0 aliphatic carbocycles. The Morgan fingerprint density at radius 1 is 1.17 bits per heavy atom. The van der Waals surface area contributed by atoms with Crippen LogP contribution in [-0.4, -0.2) is 52.2 Å². The zero-order valence-corrected chi connectivity index (χ0v) is 14.0. The Labute approximate surface area is 138 Å². The van der Waals surface area contributed by atoms with E-state index in [4.69, 9.17) is 4.98 Å². The first kappa shape index (κ1) is 15.1. The van der Waals surface area contributed by atoms with E-state index in [1.54, 1.807) is 0 Å². The van der Waals surface area contributed by atoms with E-state index in [0.29, 0.717) is 12.0 Å². The first-order valence-corrected chi connectivity index (χ1v) is 9.12. The summed E-state index contributed by atoms with van der Waals surface area (Å²) in [5.74, 6) is 1.88. The van der Waals surface area contributed by atoms with E-state index in [1.807, 2.05) is 12.3 Å². The lowest BCUT2D eigenvalue weighted by Gasteiger charge is -2.33. The minimum absolute atomic E-state index is 0.551. The second-order valence-electron chi connectivity index (χ2n) is 6.88. The van der Waals surface area contributed by atoms with Gasteiger partial charge in [0.1, 0.15) is 11.3 Å².